The van der Waals surface area contributed by atoms with Gasteiger partial charge < -0.3 is 10.5 Å². The Labute approximate surface area is 202 Å². The number of hydrogen-bond acceptors (Lipinski definition) is 3. The van der Waals surface area contributed by atoms with Crippen LogP contribution in [0.25, 0.3) is 16.8 Å². The smallest absolute Gasteiger partial charge is 0.435 e. The maximum atomic E-state index is 13.3. The third-order valence-corrected chi connectivity index (χ3v) is 5.55. The predicted molar refractivity (Wildman–Crippen MR) is 123 cm³/mol. The molecule has 0 bridgehead atoms. The summed E-state index contributed by atoms with van der Waals surface area (Å²) in [6, 6.07) is 19.2. The number of aromatic nitrogens is 2. The minimum Gasteiger partial charge on any atom is -0.487 e. The lowest BCUT2D eigenvalue weighted by Crippen LogP contribution is -2.10. The van der Waals surface area contributed by atoms with Crippen molar-refractivity contribution in [2.45, 2.75) is 12.8 Å². The Morgan fingerprint density at radius 3 is 2.21 bits per heavy atom. The average Bonchev–Trinajstić information content (AvgIpc) is 3.22. The average molecular weight is 506 g/mol. The molecule has 0 saturated heterocycles. The number of nitrogens with zero attached hydrogens (tertiary/aromatic N) is 2. The molecule has 0 aliphatic rings. The second kappa shape index (κ2) is 9.40. The van der Waals surface area contributed by atoms with Gasteiger partial charge in [-0.1, -0.05) is 53.5 Å². The Balaban J connectivity index is 1.60. The molecule has 0 saturated carbocycles. The lowest BCUT2D eigenvalue weighted by atomic mass is 10.0. The Morgan fingerprint density at radius 2 is 1.59 bits per heavy atom. The molecule has 34 heavy (non-hydrogen) atoms. The van der Waals surface area contributed by atoms with Crippen molar-refractivity contribution in [1.29, 1.82) is 0 Å². The molecule has 3 aromatic carbocycles. The molecule has 0 radical (unpaired) electrons. The molecule has 2 N–H and O–H groups in total. The monoisotopic (exact) mass is 505 g/mol. The molecular formula is C24H16Cl2F3N3O2. The van der Waals surface area contributed by atoms with Gasteiger partial charge in [-0.05, 0) is 53.6 Å². The van der Waals surface area contributed by atoms with Crippen LogP contribution < -0.4 is 10.5 Å². The van der Waals surface area contributed by atoms with Crippen LogP contribution >= 0.6 is 23.2 Å². The van der Waals surface area contributed by atoms with Crippen LogP contribution in [-0.4, -0.2) is 15.7 Å². The van der Waals surface area contributed by atoms with Crippen molar-refractivity contribution in [3.8, 4) is 22.6 Å². The fourth-order valence-corrected chi connectivity index (χ4v) is 3.86. The Bertz CT molecular complexity index is 1330. The van der Waals surface area contributed by atoms with Gasteiger partial charge in [0.05, 0.1) is 15.7 Å². The Hall–Kier alpha value is -3.49. The summed E-state index contributed by atoms with van der Waals surface area (Å²) in [6.07, 6.45) is -4.66. The van der Waals surface area contributed by atoms with Crippen molar-refractivity contribution in [2.75, 3.05) is 0 Å². The van der Waals surface area contributed by atoms with E-state index in [4.69, 9.17) is 33.7 Å². The topological polar surface area (TPSA) is 70.1 Å². The molecule has 1 heterocycles. The van der Waals surface area contributed by atoms with Crippen molar-refractivity contribution < 1.29 is 22.7 Å². The number of ether oxygens (including phenoxy) is 1. The van der Waals surface area contributed by atoms with E-state index >= 15 is 0 Å². The molecule has 0 atom stereocenters. The first-order valence-corrected chi connectivity index (χ1v) is 10.6. The van der Waals surface area contributed by atoms with E-state index in [2.05, 4.69) is 5.10 Å². The SMILES string of the molecule is NC(=O)c1cccc(-c2ccc(OCc3cc(C(F)(F)F)nn3-c3c(Cl)cccc3Cl)cc2)c1. The van der Waals surface area contributed by atoms with Gasteiger partial charge in [0.25, 0.3) is 0 Å². The molecule has 4 rings (SSSR count). The molecule has 174 valence electrons. The number of nitrogens with two attached hydrogens (primary N) is 1. The zero-order valence-corrected chi connectivity index (χ0v) is 18.8. The normalized spacial score (nSPS) is 11.4. The highest BCUT2D eigenvalue weighted by atomic mass is 35.5. The van der Waals surface area contributed by atoms with Gasteiger partial charge in [-0.15, -0.1) is 0 Å². The summed E-state index contributed by atoms with van der Waals surface area (Å²) in [5, 5.41) is 3.96. The third-order valence-electron chi connectivity index (χ3n) is 4.94. The lowest BCUT2D eigenvalue weighted by Gasteiger charge is -2.12. The maximum absolute atomic E-state index is 13.3. The van der Waals surface area contributed by atoms with E-state index in [-0.39, 0.29) is 28.0 Å². The molecule has 1 amide bonds. The first-order valence-electron chi connectivity index (χ1n) is 9.87. The molecular weight excluding hydrogens is 490 g/mol. The van der Waals surface area contributed by atoms with Gasteiger partial charge in [0.15, 0.2) is 5.69 Å². The molecule has 4 aromatic rings. The summed E-state index contributed by atoms with van der Waals surface area (Å²) >= 11 is 12.4. The molecule has 0 spiro atoms. The number of alkyl halides is 3. The second-order valence-corrected chi connectivity index (χ2v) is 8.07. The van der Waals surface area contributed by atoms with E-state index in [1.165, 1.54) is 12.1 Å². The van der Waals surface area contributed by atoms with Gasteiger partial charge in [-0.3, -0.25) is 4.79 Å². The number of hydrogen-bond donors (Lipinski definition) is 1. The number of halogens is 5. The number of para-hydroxylation sites is 1. The van der Waals surface area contributed by atoms with Crippen LogP contribution in [0.3, 0.4) is 0 Å². The quantitative estimate of drug-likeness (QED) is 0.323. The van der Waals surface area contributed by atoms with Crippen LogP contribution in [0.5, 0.6) is 5.75 Å². The van der Waals surface area contributed by atoms with Crippen LogP contribution in [0, 0.1) is 0 Å². The van der Waals surface area contributed by atoms with Gasteiger partial charge in [-0.25, -0.2) is 4.68 Å². The fraction of sp³-hybridized carbons (Fsp3) is 0.0833. The molecule has 10 heteroatoms. The standard InChI is InChI=1S/C24H16Cl2F3N3O2/c25-19-5-2-6-20(26)22(19)32-17(12-21(31-32)24(27,28)29)13-34-18-9-7-14(8-10-18)15-3-1-4-16(11-15)23(30)33/h1-12H,13H2,(H2,30,33). The van der Waals surface area contributed by atoms with Crippen LogP contribution in [0.15, 0.2) is 72.8 Å². The van der Waals surface area contributed by atoms with Crippen molar-refractivity contribution >= 4 is 29.1 Å². The summed E-state index contributed by atoms with van der Waals surface area (Å²) in [7, 11) is 0. The van der Waals surface area contributed by atoms with Gasteiger partial charge in [-0.2, -0.15) is 18.3 Å². The number of benzene rings is 3. The van der Waals surface area contributed by atoms with Gasteiger partial charge in [0, 0.05) is 5.56 Å². The predicted octanol–water partition coefficient (Wildman–Crippen LogP) is 6.54. The van der Waals surface area contributed by atoms with Crippen LogP contribution in [0.1, 0.15) is 21.7 Å². The molecule has 0 unspecified atom stereocenters. The molecule has 1 aromatic heterocycles. The van der Waals surface area contributed by atoms with E-state index in [1.54, 1.807) is 48.5 Å². The maximum Gasteiger partial charge on any atom is 0.435 e. The summed E-state index contributed by atoms with van der Waals surface area (Å²) in [5.74, 6) is -0.114. The summed E-state index contributed by atoms with van der Waals surface area (Å²) < 4.78 is 46.8. The van der Waals surface area contributed by atoms with Crippen LogP contribution in [0.4, 0.5) is 13.2 Å². The highest BCUT2D eigenvalue weighted by molar-refractivity contribution is 6.37. The zero-order valence-electron chi connectivity index (χ0n) is 17.3. The minimum absolute atomic E-state index is 0.112. The fourth-order valence-electron chi connectivity index (χ4n) is 3.30. The van der Waals surface area contributed by atoms with Crippen molar-refractivity contribution in [3.05, 3.63) is 99.8 Å². The van der Waals surface area contributed by atoms with Crippen LogP contribution in [0.2, 0.25) is 10.0 Å². The number of rotatable bonds is 6. The first kappa shape index (κ1) is 23.7. The number of amides is 1. The number of primary amides is 1. The van der Waals surface area contributed by atoms with Crippen molar-refractivity contribution in [2.24, 2.45) is 5.73 Å². The number of carbonyl (C=O) groups is 1. The van der Waals surface area contributed by atoms with E-state index in [1.807, 2.05) is 6.07 Å². The van der Waals surface area contributed by atoms with Crippen molar-refractivity contribution in [3.63, 3.8) is 0 Å². The lowest BCUT2D eigenvalue weighted by molar-refractivity contribution is -0.141. The third kappa shape index (κ3) is 5.03. The van der Waals surface area contributed by atoms with E-state index in [0.29, 0.717) is 11.3 Å². The molecule has 0 fully saturated rings. The van der Waals surface area contributed by atoms with E-state index in [9.17, 15) is 18.0 Å². The highest BCUT2D eigenvalue weighted by Crippen LogP contribution is 2.34. The molecule has 0 aliphatic carbocycles. The first-order chi connectivity index (χ1) is 16.1. The Kier molecular flexibility index (Phi) is 6.54. The van der Waals surface area contributed by atoms with Crippen LogP contribution in [-0.2, 0) is 12.8 Å². The zero-order chi connectivity index (χ0) is 24.5. The van der Waals surface area contributed by atoms with Gasteiger partial charge in [0.2, 0.25) is 5.91 Å². The largest absolute Gasteiger partial charge is 0.487 e. The van der Waals surface area contributed by atoms with E-state index in [0.717, 1.165) is 21.9 Å². The molecule has 5 nitrogen and oxygen atoms in total. The van der Waals surface area contributed by atoms with E-state index < -0.39 is 17.8 Å². The molecule has 0 aliphatic heterocycles. The van der Waals surface area contributed by atoms with Gasteiger partial charge in [0.1, 0.15) is 18.0 Å². The summed E-state index contributed by atoms with van der Waals surface area (Å²) in [5.41, 5.74) is 6.45. The second-order valence-electron chi connectivity index (χ2n) is 7.26. The summed E-state index contributed by atoms with van der Waals surface area (Å²) in [6.45, 7) is -0.221. The number of carbonyl (C=O) groups excluding carboxylic acids is 1. The van der Waals surface area contributed by atoms with Gasteiger partial charge >= 0.3 is 6.18 Å². The summed E-state index contributed by atoms with van der Waals surface area (Å²) in [4.78, 5) is 11.4. The van der Waals surface area contributed by atoms with Crippen molar-refractivity contribution in [1.82, 2.24) is 9.78 Å². The highest BCUT2D eigenvalue weighted by Gasteiger charge is 2.35. The minimum atomic E-state index is -4.66. The Morgan fingerprint density at radius 1 is 0.941 bits per heavy atom.